The number of likely N-dealkylation sites (tertiary alicyclic amines) is 1. The Morgan fingerprint density at radius 1 is 0.967 bits per heavy atom. The van der Waals surface area contributed by atoms with Gasteiger partial charge in [-0.1, -0.05) is 48.5 Å². The van der Waals surface area contributed by atoms with Gasteiger partial charge in [0.05, 0.1) is 0 Å². The van der Waals surface area contributed by atoms with Crippen LogP contribution in [0.1, 0.15) is 34.3 Å². The summed E-state index contributed by atoms with van der Waals surface area (Å²) < 4.78 is 14.0. The Kier molecular flexibility index (Phi) is 6.24. The van der Waals surface area contributed by atoms with Gasteiger partial charge in [-0.25, -0.2) is 4.39 Å². The molecule has 3 aromatic rings. The number of rotatable bonds is 5. The molecule has 0 saturated carbocycles. The second-order valence-electron chi connectivity index (χ2n) is 7.98. The van der Waals surface area contributed by atoms with Crippen LogP contribution in [0.2, 0.25) is 0 Å². The minimum Gasteiger partial charge on any atom is -0.305 e. The van der Waals surface area contributed by atoms with Crippen molar-refractivity contribution in [3.63, 3.8) is 0 Å². The van der Waals surface area contributed by atoms with Crippen molar-refractivity contribution in [1.29, 1.82) is 0 Å². The van der Waals surface area contributed by atoms with Crippen molar-refractivity contribution in [3.8, 4) is 0 Å². The molecule has 154 valence electrons. The summed E-state index contributed by atoms with van der Waals surface area (Å²) in [4.78, 5) is 17.7. The Morgan fingerprint density at radius 3 is 2.37 bits per heavy atom. The fraction of sp³-hybridized carbons (Fsp3) is 0.269. The average Bonchev–Trinajstić information content (AvgIpc) is 2.77. The van der Waals surface area contributed by atoms with Crippen molar-refractivity contribution < 1.29 is 9.18 Å². The summed E-state index contributed by atoms with van der Waals surface area (Å²) in [6, 6.07) is 24.7. The number of hydrogen-bond acceptors (Lipinski definition) is 2. The molecule has 0 unspecified atom stereocenters. The number of benzene rings is 3. The van der Waals surface area contributed by atoms with Crippen LogP contribution in [-0.2, 0) is 6.54 Å². The molecule has 0 bridgehead atoms. The van der Waals surface area contributed by atoms with Crippen LogP contribution in [0.25, 0.3) is 0 Å². The van der Waals surface area contributed by atoms with Gasteiger partial charge in [-0.2, -0.15) is 0 Å². The molecule has 0 aromatic heterocycles. The smallest absolute Gasteiger partial charge is 0.258 e. The lowest BCUT2D eigenvalue weighted by atomic mass is 9.99. The van der Waals surface area contributed by atoms with E-state index in [9.17, 15) is 9.18 Å². The molecule has 0 radical (unpaired) electrons. The highest BCUT2D eigenvalue weighted by Gasteiger charge is 2.30. The Labute approximate surface area is 177 Å². The first-order valence-electron chi connectivity index (χ1n) is 10.5. The van der Waals surface area contributed by atoms with Crippen molar-refractivity contribution in [1.82, 2.24) is 4.90 Å². The van der Waals surface area contributed by atoms with E-state index < -0.39 is 0 Å². The van der Waals surface area contributed by atoms with Gasteiger partial charge in [0.2, 0.25) is 0 Å². The lowest BCUT2D eigenvalue weighted by Gasteiger charge is -2.39. The van der Waals surface area contributed by atoms with Crippen LogP contribution in [0.4, 0.5) is 10.1 Å². The quantitative estimate of drug-likeness (QED) is 0.567. The summed E-state index contributed by atoms with van der Waals surface area (Å²) >= 11 is 0. The maximum atomic E-state index is 14.0. The van der Waals surface area contributed by atoms with E-state index in [2.05, 4.69) is 11.0 Å². The average molecular weight is 403 g/mol. The highest BCUT2D eigenvalue weighted by molar-refractivity contribution is 6.06. The number of carbonyl (C=O) groups excluding carboxylic acids is 1. The highest BCUT2D eigenvalue weighted by atomic mass is 19.1. The Morgan fingerprint density at radius 2 is 1.67 bits per heavy atom. The number of piperidine rings is 1. The SMILES string of the molecule is Cc1cccc(N(C(=O)c2ccccc2)C2CCN(Cc3ccccc3F)CC2)c1. The van der Waals surface area contributed by atoms with E-state index in [1.54, 1.807) is 6.07 Å². The van der Waals surface area contributed by atoms with E-state index in [0.717, 1.165) is 42.7 Å². The summed E-state index contributed by atoms with van der Waals surface area (Å²) in [6.07, 6.45) is 1.72. The zero-order chi connectivity index (χ0) is 20.9. The van der Waals surface area contributed by atoms with Crippen molar-refractivity contribution in [2.45, 2.75) is 32.4 Å². The molecule has 0 N–H and O–H groups in total. The van der Waals surface area contributed by atoms with E-state index in [1.807, 2.05) is 72.5 Å². The van der Waals surface area contributed by atoms with E-state index in [4.69, 9.17) is 0 Å². The van der Waals surface area contributed by atoms with Crippen LogP contribution in [0.3, 0.4) is 0 Å². The largest absolute Gasteiger partial charge is 0.305 e. The van der Waals surface area contributed by atoms with Crippen molar-refractivity contribution in [2.75, 3.05) is 18.0 Å². The van der Waals surface area contributed by atoms with E-state index in [0.29, 0.717) is 12.1 Å². The summed E-state index contributed by atoms with van der Waals surface area (Å²) in [5.74, 6) is -0.117. The number of amides is 1. The third-order valence-corrected chi connectivity index (χ3v) is 5.79. The predicted octanol–water partition coefficient (Wildman–Crippen LogP) is 5.45. The van der Waals surface area contributed by atoms with Crippen LogP contribution < -0.4 is 4.90 Å². The molecule has 4 heteroatoms. The van der Waals surface area contributed by atoms with Gasteiger partial charge in [0.25, 0.3) is 5.91 Å². The minimum absolute atomic E-state index is 0.0359. The predicted molar refractivity (Wildman–Crippen MR) is 119 cm³/mol. The van der Waals surface area contributed by atoms with Gasteiger partial charge in [0.15, 0.2) is 0 Å². The molecular formula is C26H27FN2O. The fourth-order valence-electron chi connectivity index (χ4n) is 4.19. The van der Waals surface area contributed by atoms with Crippen LogP contribution in [0, 0.1) is 12.7 Å². The van der Waals surface area contributed by atoms with Gasteiger partial charge in [0, 0.05) is 42.5 Å². The number of carbonyl (C=O) groups is 1. The number of aryl methyl sites for hydroxylation is 1. The molecule has 0 atom stereocenters. The molecule has 1 aliphatic heterocycles. The fourth-order valence-corrected chi connectivity index (χ4v) is 4.19. The molecule has 1 saturated heterocycles. The normalized spacial score (nSPS) is 15.1. The zero-order valence-corrected chi connectivity index (χ0v) is 17.3. The molecule has 0 spiro atoms. The summed E-state index contributed by atoms with van der Waals surface area (Å²) in [7, 11) is 0. The zero-order valence-electron chi connectivity index (χ0n) is 17.3. The molecule has 1 amide bonds. The molecule has 3 nitrogen and oxygen atoms in total. The lowest BCUT2D eigenvalue weighted by molar-refractivity contribution is 0.0958. The third-order valence-electron chi connectivity index (χ3n) is 5.79. The topological polar surface area (TPSA) is 23.6 Å². The van der Waals surface area contributed by atoms with Crippen LogP contribution >= 0.6 is 0 Å². The van der Waals surface area contributed by atoms with Crippen LogP contribution in [0.5, 0.6) is 0 Å². The van der Waals surface area contributed by atoms with Gasteiger partial charge in [-0.05, 0) is 55.7 Å². The van der Waals surface area contributed by atoms with E-state index in [1.165, 1.54) is 6.07 Å². The second kappa shape index (κ2) is 9.23. The number of anilines is 1. The van der Waals surface area contributed by atoms with Gasteiger partial charge < -0.3 is 4.90 Å². The van der Waals surface area contributed by atoms with Crippen LogP contribution in [-0.4, -0.2) is 29.9 Å². The molecule has 30 heavy (non-hydrogen) atoms. The molecule has 1 aliphatic rings. The van der Waals surface area contributed by atoms with Gasteiger partial charge in [0.1, 0.15) is 5.82 Å². The Balaban J connectivity index is 1.52. The number of halogens is 1. The Bertz CT molecular complexity index is 997. The molecular weight excluding hydrogens is 375 g/mol. The maximum absolute atomic E-state index is 14.0. The van der Waals surface area contributed by atoms with Gasteiger partial charge in [-0.15, -0.1) is 0 Å². The highest BCUT2D eigenvalue weighted by Crippen LogP contribution is 2.27. The van der Waals surface area contributed by atoms with E-state index >= 15 is 0 Å². The molecule has 4 rings (SSSR count). The second-order valence-corrected chi connectivity index (χ2v) is 7.98. The lowest BCUT2D eigenvalue weighted by Crippen LogP contribution is -2.47. The first-order chi connectivity index (χ1) is 14.6. The molecule has 3 aromatic carbocycles. The van der Waals surface area contributed by atoms with Crippen molar-refractivity contribution >= 4 is 11.6 Å². The maximum Gasteiger partial charge on any atom is 0.258 e. The van der Waals surface area contributed by atoms with Gasteiger partial charge in [-0.3, -0.25) is 9.69 Å². The van der Waals surface area contributed by atoms with Crippen molar-refractivity contribution in [3.05, 3.63) is 101 Å². The van der Waals surface area contributed by atoms with Crippen LogP contribution in [0.15, 0.2) is 78.9 Å². The Hall–Kier alpha value is -2.98. The third kappa shape index (κ3) is 4.60. The summed E-state index contributed by atoms with van der Waals surface area (Å²) in [6.45, 7) is 4.33. The minimum atomic E-state index is -0.153. The van der Waals surface area contributed by atoms with Gasteiger partial charge >= 0.3 is 0 Å². The monoisotopic (exact) mass is 402 g/mol. The number of hydrogen-bond donors (Lipinski definition) is 0. The van der Waals surface area contributed by atoms with E-state index in [-0.39, 0.29) is 17.8 Å². The molecule has 1 heterocycles. The molecule has 0 aliphatic carbocycles. The first kappa shape index (κ1) is 20.3. The summed E-state index contributed by atoms with van der Waals surface area (Å²) in [5, 5.41) is 0. The molecule has 1 fully saturated rings. The first-order valence-corrected chi connectivity index (χ1v) is 10.5. The standard InChI is InChI=1S/C26H27FN2O/c1-20-8-7-12-24(18-20)29(26(30)21-9-3-2-4-10-21)23-14-16-28(17-15-23)19-22-11-5-6-13-25(22)27/h2-13,18,23H,14-17,19H2,1H3. The van der Waals surface area contributed by atoms with Crippen molar-refractivity contribution in [2.24, 2.45) is 0 Å². The summed E-state index contributed by atoms with van der Waals surface area (Å²) in [5.41, 5.74) is 3.51. The number of nitrogens with zero attached hydrogens (tertiary/aromatic N) is 2.